The third-order valence-electron chi connectivity index (χ3n) is 3.52. The van der Waals surface area contributed by atoms with Crippen LogP contribution in [-0.4, -0.2) is 30.6 Å². The Labute approximate surface area is 114 Å². The Kier molecular flexibility index (Phi) is 5.47. The summed E-state index contributed by atoms with van der Waals surface area (Å²) in [6.07, 6.45) is 1.17. The standard InChI is InChI=1S/C14H23BrN2/c1-5-14(2,3)17(4)11-10-16-13-8-6-12(15)7-9-13/h6-9,16H,5,10-11H2,1-4H3. The van der Waals surface area contributed by atoms with E-state index in [0.29, 0.717) is 0 Å². The molecule has 1 aromatic carbocycles. The lowest BCUT2D eigenvalue weighted by atomic mass is 10.0. The molecule has 96 valence electrons. The van der Waals surface area contributed by atoms with Crippen molar-refractivity contribution in [3.8, 4) is 0 Å². The molecule has 0 aliphatic rings. The highest BCUT2D eigenvalue weighted by atomic mass is 79.9. The first-order valence-electron chi connectivity index (χ1n) is 6.16. The fourth-order valence-corrected chi connectivity index (χ4v) is 1.77. The van der Waals surface area contributed by atoms with E-state index in [2.05, 4.69) is 78.2 Å². The molecule has 0 saturated carbocycles. The van der Waals surface area contributed by atoms with E-state index in [4.69, 9.17) is 0 Å². The topological polar surface area (TPSA) is 15.3 Å². The Morgan fingerprint density at radius 1 is 1.24 bits per heavy atom. The molecule has 17 heavy (non-hydrogen) atoms. The third kappa shape index (κ3) is 4.68. The van der Waals surface area contributed by atoms with E-state index < -0.39 is 0 Å². The van der Waals surface area contributed by atoms with Gasteiger partial charge in [-0.25, -0.2) is 0 Å². The molecule has 0 heterocycles. The zero-order chi connectivity index (χ0) is 12.9. The van der Waals surface area contributed by atoms with Crippen LogP contribution in [0.2, 0.25) is 0 Å². The summed E-state index contributed by atoms with van der Waals surface area (Å²) in [4.78, 5) is 2.40. The summed E-state index contributed by atoms with van der Waals surface area (Å²) < 4.78 is 1.12. The van der Waals surface area contributed by atoms with Gasteiger partial charge in [0.15, 0.2) is 0 Å². The summed E-state index contributed by atoms with van der Waals surface area (Å²) in [5.74, 6) is 0. The van der Waals surface area contributed by atoms with E-state index in [-0.39, 0.29) is 5.54 Å². The van der Waals surface area contributed by atoms with Crippen molar-refractivity contribution < 1.29 is 0 Å². The van der Waals surface area contributed by atoms with Crippen LogP contribution in [0.5, 0.6) is 0 Å². The van der Waals surface area contributed by atoms with E-state index in [1.807, 2.05) is 0 Å². The van der Waals surface area contributed by atoms with Crippen molar-refractivity contribution in [3.63, 3.8) is 0 Å². The van der Waals surface area contributed by atoms with Gasteiger partial charge in [0.2, 0.25) is 0 Å². The van der Waals surface area contributed by atoms with Crippen LogP contribution in [0.25, 0.3) is 0 Å². The molecule has 0 amide bonds. The van der Waals surface area contributed by atoms with Gasteiger partial charge in [0.1, 0.15) is 0 Å². The first-order chi connectivity index (χ1) is 7.95. The predicted octanol–water partition coefficient (Wildman–Crippen LogP) is 3.98. The Morgan fingerprint density at radius 2 is 1.82 bits per heavy atom. The molecule has 1 N–H and O–H groups in total. The van der Waals surface area contributed by atoms with E-state index in [1.165, 1.54) is 12.1 Å². The highest BCUT2D eigenvalue weighted by Gasteiger charge is 2.19. The van der Waals surface area contributed by atoms with E-state index in [1.54, 1.807) is 0 Å². The summed E-state index contributed by atoms with van der Waals surface area (Å²) in [5, 5.41) is 3.44. The molecule has 0 aliphatic heterocycles. The molecule has 0 atom stereocenters. The second-order valence-electron chi connectivity index (χ2n) is 5.02. The number of nitrogens with zero attached hydrogens (tertiary/aromatic N) is 1. The minimum atomic E-state index is 0.279. The maximum absolute atomic E-state index is 3.44. The summed E-state index contributed by atoms with van der Waals surface area (Å²) >= 11 is 3.44. The summed E-state index contributed by atoms with van der Waals surface area (Å²) in [6.45, 7) is 8.83. The highest BCUT2D eigenvalue weighted by Crippen LogP contribution is 2.16. The molecule has 0 aromatic heterocycles. The van der Waals surface area contributed by atoms with E-state index in [0.717, 1.165) is 17.6 Å². The van der Waals surface area contributed by atoms with Crippen molar-refractivity contribution in [1.29, 1.82) is 0 Å². The van der Waals surface area contributed by atoms with Crippen LogP contribution in [0, 0.1) is 0 Å². The summed E-state index contributed by atoms with van der Waals surface area (Å²) in [6, 6.07) is 8.30. The number of likely N-dealkylation sites (N-methyl/N-ethyl adjacent to an activating group) is 1. The first kappa shape index (κ1) is 14.5. The minimum absolute atomic E-state index is 0.279. The van der Waals surface area contributed by atoms with Gasteiger partial charge in [-0.2, -0.15) is 0 Å². The number of rotatable bonds is 6. The van der Waals surface area contributed by atoms with Gasteiger partial charge in [-0.3, -0.25) is 4.90 Å². The molecule has 0 radical (unpaired) electrons. The average molecular weight is 299 g/mol. The lowest BCUT2D eigenvalue weighted by Crippen LogP contribution is -2.42. The first-order valence-corrected chi connectivity index (χ1v) is 6.95. The molecular formula is C14H23BrN2. The maximum Gasteiger partial charge on any atom is 0.0341 e. The number of halogens is 1. The van der Waals surface area contributed by atoms with E-state index >= 15 is 0 Å². The van der Waals surface area contributed by atoms with Crippen molar-refractivity contribution in [2.45, 2.75) is 32.7 Å². The van der Waals surface area contributed by atoms with Gasteiger partial charge in [0, 0.05) is 28.8 Å². The van der Waals surface area contributed by atoms with E-state index in [9.17, 15) is 0 Å². The zero-order valence-corrected chi connectivity index (χ0v) is 12.8. The third-order valence-corrected chi connectivity index (χ3v) is 4.05. The summed E-state index contributed by atoms with van der Waals surface area (Å²) in [7, 11) is 2.19. The van der Waals surface area contributed by atoms with Crippen molar-refractivity contribution in [2.75, 3.05) is 25.5 Å². The molecule has 0 spiro atoms. The molecular weight excluding hydrogens is 276 g/mol. The molecule has 1 rings (SSSR count). The predicted molar refractivity (Wildman–Crippen MR) is 79.6 cm³/mol. The molecule has 0 unspecified atom stereocenters. The van der Waals surface area contributed by atoms with Gasteiger partial charge >= 0.3 is 0 Å². The van der Waals surface area contributed by atoms with Crippen LogP contribution in [0.3, 0.4) is 0 Å². The fraction of sp³-hybridized carbons (Fsp3) is 0.571. The monoisotopic (exact) mass is 298 g/mol. The number of hydrogen-bond donors (Lipinski definition) is 1. The van der Waals surface area contributed by atoms with Gasteiger partial charge in [-0.05, 0) is 51.6 Å². The van der Waals surface area contributed by atoms with Crippen LogP contribution in [0.1, 0.15) is 27.2 Å². The zero-order valence-electron chi connectivity index (χ0n) is 11.3. The van der Waals surface area contributed by atoms with Gasteiger partial charge in [-0.1, -0.05) is 22.9 Å². The van der Waals surface area contributed by atoms with Crippen LogP contribution < -0.4 is 5.32 Å². The number of benzene rings is 1. The Bertz CT molecular complexity index is 333. The number of hydrogen-bond acceptors (Lipinski definition) is 2. The molecule has 0 aliphatic carbocycles. The molecule has 0 fully saturated rings. The second-order valence-corrected chi connectivity index (χ2v) is 5.94. The molecule has 1 aromatic rings. The quantitative estimate of drug-likeness (QED) is 0.854. The molecule has 0 bridgehead atoms. The van der Waals surface area contributed by atoms with Crippen molar-refractivity contribution in [3.05, 3.63) is 28.7 Å². The lowest BCUT2D eigenvalue weighted by molar-refractivity contribution is 0.157. The second kappa shape index (κ2) is 6.41. The van der Waals surface area contributed by atoms with Crippen LogP contribution in [0.4, 0.5) is 5.69 Å². The van der Waals surface area contributed by atoms with Crippen molar-refractivity contribution >= 4 is 21.6 Å². The maximum atomic E-state index is 3.44. The van der Waals surface area contributed by atoms with Crippen LogP contribution >= 0.6 is 15.9 Å². The lowest BCUT2D eigenvalue weighted by Gasteiger charge is -2.34. The Balaban J connectivity index is 2.35. The molecule has 3 heteroatoms. The molecule has 2 nitrogen and oxygen atoms in total. The highest BCUT2D eigenvalue weighted by molar-refractivity contribution is 9.10. The smallest absolute Gasteiger partial charge is 0.0341 e. The van der Waals surface area contributed by atoms with Crippen LogP contribution in [-0.2, 0) is 0 Å². The Hall–Kier alpha value is -0.540. The van der Waals surface area contributed by atoms with Gasteiger partial charge in [0.05, 0.1) is 0 Å². The summed E-state index contributed by atoms with van der Waals surface area (Å²) in [5.41, 5.74) is 1.46. The van der Waals surface area contributed by atoms with Gasteiger partial charge in [-0.15, -0.1) is 0 Å². The van der Waals surface area contributed by atoms with Crippen molar-refractivity contribution in [2.24, 2.45) is 0 Å². The fourth-order valence-electron chi connectivity index (χ4n) is 1.51. The number of nitrogens with one attached hydrogen (secondary N) is 1. The SMILES string of the molecule is CCC(C)(C)N(C)CCNc1ccc(Br)cc1. The average Bonchev–Trinajstić information content (AvgIpc) is 2.31. The minimum Gasteiger partial charge on any atom is -0.384 e. The largest absolute Gasteiger partial charge is 0.384 e. The Morgan fingerprint density at radius 3 is 2.35 bits per heavy atom. The van der Waals surface area contributed by atoms with Crippen molar-refractivity contribution in [1.82, 2.24) is 4.90 Å². The van der Waals surface area contributed by atoms with Gasteiger partial charge < -0.3 is 5.32 Å². The van der Waals surface area contributed by atoms with Crippen LogP contribution in [0.15, 0.2) is 28.7 Å². The normalized spacial score (nSPS) is 11.9. The number of anilines is 1. The molecule has 0 saturated heterocycles. The van der Waals surface area contributed by atoms with Gasteiger partial charge in [0.25, 0.3) is 0 Å².